The van der Waals surface area contributed by atoms with Crippen LogP contribution in [-0.2, 0) is 0 Å². The molecule has 1 heterocycles. The second-order valence-electron chi connectivity index (χ2n) is 6.95. The lowest BCUT2D eigenvalue weighted by Gasteiger charge is -2.22. The molecule has 1 aromatic heterocycles. The maximum atomic E-state index is 12.4. The van der Waals surface area contributed by atoms with E-state index in [1.165, 1.54) is 18.2 Å². The van der Waals surface area contributed by atoms with E-state index in [9.17, 15) is 19.5 Å². The normalized spacial score (nSPS) is 11.8. The number of aromatic nitrogens is 4. The summed E-state index contributed by atoms with van der Waals surface area (Å²) in [4.78, 5) is 36.9. The monoisotopic (exact) mass is 433 g/mol. The average Bonchev–Trinajstić information content (AvgIpc) is 3.33. The Kier molecular flexibility index (Phi) is 5.62. The van der Waals surface area contributed by atoms with Gasteiger partial charge in [-0.2, -0.15) is 0 Å². The molecule has 1 amide bonds. The minimum atomic E-state index is -0.711. The zero-order valence-corrected chi connectivity index (χ0v) is 16.9. The highest BCUT2D eigenvalue weighted by Crippen LogP contribution is 2.33. The van der Waals surface area contributed by atoms with Gasteiger partial charge in [0.2, 0.25) is 5.95 Å². The maximum Gasteiger partial charge on any atom is 0.261 e. The predicted octanol–water partition coefficient (Wildman–Crippen LogP) is 2.06. The molecule has 32 heavy (non-hydrogen) atoms. The molecule has 5 N–H and O–H groups in total. The van der Waals surface area contributed by atoms with Gasteiger partial charge in [0, 0.05) is 0 Å². The Labute approximate surface area is 181 Å². The number of tetrazole rings is 1. The van der Waals surface area contributed by atoms with E-state index in [-0.39, 0.29) is 34.6 Å². The highest BCUT2D eigenvalue weighted by atomic mass is 16.3. The molecular formula is C21H19N7O4. The van der Waals surface area contributed by atoms with Crippen LogP contribution in [0.1, 0.15) is 35.3 Å². The van der Waals surface area contributed by atoms with E-state index in [4.69, 9.17) is 0 Å². The van der Waals surface area contributed by atoms with Crippen LogP contribution in [0.3, 0.4) is 0 Å². The highest BCUT2D eigenvalue weighted by Gasteiger charge is 2.25. The number of hydrogen-bond donors (Lipinski definition) is 5. The van der Waals surface area contributed by atoms with Crippen molar-refractivity contribution >= 4 is 28.9 Å². The van der Waals surface area contributed by atoms with Crippen LogP contribution in [0.5, 0.6) is 5.75 Å². The Morgan fingerprint density at radius 1 is 1.06 bits per heavy atom. The first-order valence-electron chi connectivity index (χ1n) is 9.78. The SMILES string of the molecule is CC[C@@H](Nc1c(Nc2cccc(C(=O)Nc3nnn[nH]3)c2O)c(=O)c1=O)c1ccccc1. The molecule has 0 spiro atoms. The summed E-state index contributed by atoms with van der Waals surface area (Å²) in [5.41, 5.74) is -0.209. The van der Waals surface area contributed by atoms with Gasteiger partial charge < -0.3 is 15.7 Å². The number of benzene rings is 2. The van der Waals surface area contributed by atoms with Crippen molar-refractivity contribution in [2.24, 2.45) is 0 Å². The molecule has 0 aliphatic rings. The number of hydrogen-bond acceptors (Lipinski definition) is 9. The van der Waals surface area contributed by atoms with Crippen LogP contribution in [0.4, 0.5) is 23.0 Å². The zero-order valence-electron chi connectivity index (χ0n) is 16.9. The molecule has 3 aromatic carbocycles. The summed E-state index contributed by atoms with van der Waals surface area (Å²) >= 11 is 0. The molecule has 11 heteroatoms. The Balaban J connectivity index is 1.58. The van der Waals surface area contributed by atoms with Gasteiger partial charge in [-0.1, -0.05) is 48.4 Å². The smallest absolute Gasteiger partial charge is 0.261 e. The van der Waals surface area contributed by atoms with Gasteiger partial charge in [0.05, 0.1) is 17.3 Å². The maximum absolute atomic E-state index is 12.4. The first kappa shape index (κ1) is 20.7. The van der Waals surface area contributed by atoms with Crippen molar-refractivity contribution < 1.29 is 9.90 Å². The summed E-state index contributed by atoms with van der Waals surface area (Å²) in [7, 11) is 0. The molecule has 0 aliphatic carbocycles. The molecule has 0 unspecified atom stereocenters. The number of phenols is 1. The second-order valence-corrected chi connectivity index (χ2v) is 6.95. The Bertz CT molecular complexity index is 1310. The van der Waals surface area contributed by atoms with Gasteiger partial charge >= 0.3 is 0 Å². The van der Waals surface area contributed by atoms with Crippen molar-refractivity contribution in [2.45, 2.75) is 19.4 Å². The number of amides is 1. The van der Waals surface area contributed by atoms with Gasteiger partial charge in [-0.3, -0.25) is 19.7 Å². The number of nitrogens with zero attached hydrogens (tertiary/aromatic N) is 3. The fraction of sp³-hybridized carbons (Fsp3) is 0.143. The summed E-state index contributed by atoms with van der Waals surface area (Å²) in [5.74, 6) is -1.05. The molecule has 0 saturated heterocycles. The molecular weight excluding hydrogens is 414 g/mol. The number of aromatic amines is 1. The number of anilines is 4. The van der Waals surface area contributed by atoms with Crippen molar-refractivity contribution in [3.05, 3.63) is 80.1 Å². The molecule has 0 radical (unpaired) electrons. The van der Waals surface area contributed by atoms with E-state index >= 15 is 0 Å². The topological polar surface area (TPSA) is 162 Å². The second kappa shape index (κ2) is 8.68. The molecule has 4 aromatic rings. The predicted molar refractivity (Wildman–Crippen MR) is 118 cm³/mol. The van der Waals surface area contributed by atoms with Crippen LogP contribution in [0.2, 0.25) is 0 Å². The summed E-state index contributed by atoms with van der Waals surface area (Å²) < 4.78 is 0. The van der Waals surface area contributed by atoms with Crippen LogP contribution in [-0.4, -0.2) is 31.6 Å². The summed E-state index contributed by atoms with van der Waals surface area (Å²) in [6.07, 6.45) is 0.680. The number of phenolic OH excluding ortho intramolecular Hbond substituents is 1. The first-order valence-corrected chi connectivity index (χ1v) is 9.78. The van der Waals surface area contributed by atoms with Crippen molar-refractivity contribution in [3.8, 4) is 5.75 Å². The molecule has 0 saturated carbocycles. The van der Waals surface area contributed by atoms with Crippen LogP contribution in [0.15, 0.2) is 58.1 Å². The van der Waals surface area contributed by atoms with Gasteiger partial charge in [0.25, 0.3) is 16.8 Å². The van der Waals surface area contributed by atoms with Crippen molar-refractivity contribution in [3.63, 3.8) is 0 Å². The molecule has 162 valence electrons. The molecule has 4 rings (SSSR count). The van der Waals surface area contributed by atoms with Gasteiger partial charge in [0.1, 0.15) is 11.4 Å². The standard InChI is InChI=1S/C21H19N7O4/c1-2-13(11-7-4-3-5-8-11)22-15-16(19(31)18(15)30)23-14-10-6-9-12(17(14)29)20(32)24-21-25-27-28-26-21/h3-10,13,22-23,29H,2H2,1H3,(H2,24,25,26,27,28,32)/t13-/m1/s1. The fourth-order valence-corrected chi connectivity index (χ4v) is 3.28. The summed E-state index contributed by atoms with van der Waals surface area (Å²) in [5, 5.41) is 31.5. The number of carbonyl (C=O) groups excluding carboxylic acids is 1. The van der Waals surface area contributed by atoms with E-state index in [2.05, 4.69) is 36.6 Å². The van der Waals surface area contributed by atoms with Crippen LogP contribution < -0.4 is 26.8 Å². The third-order valence-corrected chi connectivity index (χ3v) is 4.96. The lowest BCUT2D eigenvalue weighted by atomic mass is 10.0. The van der Waals surface area contributed by atoms with Gasteiger partial charge in [-0.15, -0.1) is 0 Å². The first-order chi connectivity index (χ1) is 15.5. The zero-order chi connectivity index (χ0) is 22.7. The van der Waals surface area contributed by atoms with Gasteiger partial charge in [0.15, 0.2) is 5.75 Å². The minimum absolute atomic E-state index is 0.00763. The highest BCUT2D eigenvalue weighted by molar-refractivity contribution is 6.06. The quantitative estimate of drug-likeness (QED) is 0.207. The van der Waals surface area contributed by atoms with E-state index in [0.29, 0.717) is 6.42 Å². The van der Waals surface area contributed by atoms with Crippen molar-refractivity contribution in [2.75, 3.05) is 16.0 Å². The van der Waals surface area contributed by atoms with E-state index in [1.54, 1.807) is 0 Å². The van der Waals surface area contributed by atoms with E-state index in [0.717, 1.165) is 5.56 Å². The van der Waals surface area contributed by atoms with Crippen molar-refractivity contribution in [1.82, 2.24) is 20.6 Å². The number of para-hydroxylation sites is 1. The lowest BCUT2D eigenvalue weighted by Crippen LogP contribution is -2.37. The Hall–Kier alpha value is -4.54. The van der Waals surface area contributed by atoms with Crippen LogP contribution >= 0.6 is 0 Å². The molecule has 0 bridgehead atoms. The van der Waals surface area contributed by atoms with E-state index < -0.39 is 22.5 Å². The number of carbonyl (C=O) groups is 1. The number of H-pyrrole nitrogens is 1. The van der Waals surface area contributed by atoms with Gasteiger partial charge in [-0.25, -0.2) is 5.10 Å². The number of rotatable bonds is 8. The van der Waals surface area contributed by atoms with E-state index in [1.807, 2.05) is 37.3 Å². The minimum Gasteiger partial charge on any atom is -0.505 e. The largest absolute Gasteiger partial charge is 0.505 e. The molecule has 0 fully saturated rings. The summed E-state index contributed by atoms with van der Waals surface area (Å²) in [6, 6.07) is 13.8. The average molecular weight is 433 g/mol. The fourth-order valence-electron chi connectivity index (χ4n) is 3.28. The molecule has 11 nitrogen and oxygen atoms in total. The number of nitrogens with one attached hydrogen (secondary N) is 4. The number of aromatic hydroxyl groups is 1. The van der Waals surface area contributed by atoms with Crippen LogP contribution in [0.25, 0.3) is 0 Å². The molecule has 1 atom stereocenters. The van der Waals surface area contributed by atoms with Gasteiger partial charge in [-0.05, 0) is 34.5 Å². The summed E-state index contributed by atoms with van der Waals surface area (Å²) in [6.45, 7) is 1.96. The Morgan fingerprint density at radius 2 is 1.81 bits per heavy atom. The van der Waals surface area contributed by atoms with Crippen LogP contribution in [0, 0.1) is 0 Å². The third-order valence-electron chi connectivity index (χ3n) is 4.96. The lowest BCUT2D eigenvalue weighted by molar-refractivity contribution is 0.102. The third kappa shape index (κ3) is 3.90. The Morgan fingerprint density at radius 3 is 2.50 bits per heavy atom. The molecule has 0 aliphatic heterocycles. The van der Waals surface area contributed by atoms with Crippen molar-refractivity contribution in [1.29, 1.82) is 0 Å².